The summed E-state index contributed by atoms with van der Waals surface area (Å²) >= 11 is 0. The molecule has 2 rings (SSSR count). The van der Waals surface area contributed by atoms with Gasteiger partial charge in [0, 0.05) is 19.6 Å². The molecular formula is C18H26N4O. The molecule has 124 valence electrons. The van der Waals surface area contributed by atoms with Gasteiger partial charge in [0.2, 0.25) is 0 Å². The molecule has 5 nitrogen and oxygen atoms in total. The summed E-state index contributed by atoms with van der Waals surface area (Å²) in [6.45, 7) is 2.83. The van der Waals surface area contributed by atoms with Crippen molar-refractivity contribution in [1.29, 1.82) is 0 Å². The van der Waals surface area contributed by atoms with Gasteiger partial charge in [0.1, 0.15) is 11.6 Å². The number of nitrogens with two attached hydrogens (primary N) is 1. The van der Waals surface area contributed by atoms with Crippen molar-refractivity contribution in [1.82, 2.24) is 9.88 Å². The van der Waals surface area contributed by atoms with Crippen LogP contribution < -0.4 is 15.4 Å². The van der Waals surface area contributed by atoms with Gasteiger partial charge in [0.15, 0.2) is 0 Å². The van der Waals surface area contributed by atoms with Gasteiger partial charge < -0.3 is 20.3 Å². The topological polar surface area (TPSA) is 54.6 Å². The highest BCUT2D eigenvalue weighted by atomic mass is 16.5. The average Bonchev–Trinajstić information content (AvgIpc) is 2.56. The van der Waals surface area contributed by atoms with Crippen LogP contribution in [0.25, 0.3) is 0 Å². The normalized spacial score (nSPS) is 10.8. The van der Waals surface area contributed by atoms with Crippen molar-refractivity contribution < 1.29 is 4.74 Å². The largest absolute Gasteiger partial charge is 0.497 e. The van der Waals surface area contributed by atoms with E-state index in [-0.39, 0.29) is 0 Å². The SMILES string of the molecule is COc1ccc(CCN(CCN(C)C)c2ccc(N)cn2)cc1. The lowest BCUT2D eigenvalue weighted by Crippen LogP contribution is -2.33. The van der Waals surface area contributed by atoms with E-state index >= 15 is 0 Å². The molecule has 0 unspecified atom stereocenters. The zero-order valence-corrected chi connectivity index (χ0v) is 14.2. The van der Waals surface area contributed by atoms with Crippen molar-refractivity contribution in [3.63, 3.8) is 0 Å². The quantitative estimate of drug-likeness (QED) is 0.810. The summed E-state index contributed by atoms with van der Waals surface area (Å²) in [7, 11) is 5.85. The van der Waals surface area contributed by atoms with Crippen LogP contribution in [0.3, 0.4) is 0 Å². The fourth-order valence-corrected chi connectivity index (χ4v) is 2.30. The molecule has 0 radical (unpaired) electrons. The van der Waals surface area contributed by atoms with E-state index in [2.05, 4.69) is 41.0 Å². The number of benzene rings is 1. The van der Waals surface area contributed by atoms with E-state index < -0.39 is 0 Å². The lowest BCUT2D eigenvalue weighted by molar-refractivity contribution is 0.412. The number of likely N-dealkylation sites (N-methyl/N-ethyl adjacent to an activating group) is 1. The second-order valence-electron chi connectivity index (χ2n) is 5.84. The van der Waals surface area contributed by atoms with Crippen molar-refractivity contribution in [3.8, 4) is 5.75 Å². The fraction of sp³-hybridized carbons (Fsp3) is 0.389. The van der Waals surface area contributed by atoms with Crippen LogP contribution in [0, 0.1) is 0 Å². The van der Waals surface area contributed by atoms with Crippen molar-refractivity contribution in [2.45, 2.75) is 6.42 Å². The monoisotopic (exact) mass is 314 g/mol. The zero-order chi connectivity index (χ0) is 16.7. The van der Waals surface area contributed by atoms with Crippen LogP contribution in [0.15, 0.2) is 42.6 Å². The predicted molar refractivity (Wildman–Crippen MR) is 96.1 cm³/mol. The van der Waals surface area contributed by atoms with Gasteiger partial charge in [0.25, 0.3) is 0 Å². The number of nitrogen functional groups attached to an aromatic ring is 1. The van der Waals surface area contributed by atoms with Crippen LogP contribution in [-0.4, -0.2) is 50.7 Å². The summed E-state index contributed by atoms with van der Waals surface area (Å²) in [4.78, 5) is 8.93. The van der Waals surface area contributed by atoms with Gasteiger partial charge in [-0.2, -0.15) is 0 Å². The molecule has 0 aliphatic heterocycles. The minimum Gasteiger partial charge on any atom is -0.497 e. The molecule has 0 fully saturated rings. The van der Waals surface area contributed by atoms with E-state index in [1.807, 2.05) is 24.3 Å². The number of rotatable bonds is 8. The second-order valence-corrected chi connectivity index (χ2v) is 5.84. The number of anilines is 2. The van der Waals surface area contributed by atoms with Crippen LogP contribution in [0.1, 0.15) is 5.56 Å². The summed E-state index contributed by atoms with van der Waals surface area (Å²) < 4.78 is 5.20. The van der Waals surface area contributed by atoms with E-state index in [4.69, 9.17) is 10.5 Å². The van der Waals surface area contributed by atoms with Crippen molar-refractivity contribution in [2.24, 2.45) is 0 Å². The highest BCUT2D eigenvalue weighted by Crippen LogP contribution is 2.15. The minimum absolute atomic E-state index is 0.691. The van der Waals surface area contributed by atoms with Crippen molar-refractivity contribution in [2.75, 3.05) is 51.5 Å². The molecule has 0 atom stereocenters. The van der Waals surface area contributed by atoms with E-state index in [0.29, 0.717) is 5.69 Å². The lowest BCUT2D eigenvalue weighted by atomic mass is 10.1. The number of hydrogen-bond donors (Lipinski definition) is 1. The smallest absolute Gasteiger partial charge is 0.128 e. The van der Waals surface area contributed by atoms with Gasteiger partial charge in [-0.25, -0.2) is 4.98 Å². The number of aromatic nitrogens is 1. The summed E-state index contributed by atoms with van der Waals surface area (Å²) in [6, 6.07) is 12.1. The lowest BCUT2D eigenvalue weighted by Gasteiger charge is -2.25. The molecular weight excluding hydrogens is 288 g/mol. The van der Waals surface area contributed by atoms with Gasteiger partial charge in [-0.3, -0.25) is 0 Å². The third kappa shape index (κ3) is 5.45. The molecule has 2 aromatic rings. The van der Waals surface area contributed by atoms with Gasteiger partial charge >= 0.3 is 0 Å². The van der Waals surface area contributed by atoms with Crippen LogP contribution in [0.4, 0.5) is 11.5 Å². The summed E-state index contributed by atoms with van der Waals surface area (Å²) in [5.41, 5.74) is 7.72. The molecule has 0 bridgehead atoms. The summed E-state index contributed by atoms with van der Waals surface area (Å²) in [5, 5.41) is 0. The highest BCUT2D eigenvalue weighted by molar-refractivity contribution is 5.46. The molecule has 0 saturated heterocycles. The predicted octanol–water partition coefficient (Wildman–Crippen LogP) is 2.28. The Labute approximate surface area is 138 Å². The highest BCUT2D eigenvalue weighted by Gasteiger charge is 2.09. The molecule has 5 heteroatoms. The first-order chi connectivity index (χ1) is 11.1. The Bertz CT molecular complexity index is 581. The Morgan fingerprint density at radius 1 is 1.00 bits per heavy atom. The number of ether oxygens (including phenoxy) is 1. The third-order valence-corrected chi connectivity index (χ3v) is 3.74. The molecule has 0 amide bonds. The first kappa shape index (κ1) is 17.1. The van der Waals surface area contributed by atoms with Crippen LogP contribution in [0.5, 0.6) is 5.75 Å². The van der Waals surface area contributed by atoms with E-state index in [0.717, 1.165) is 37.6 Å². The fourth-order valence-electron chi connectivity index (χ4n) is 2.30. The van der Waals surface area contributed by atoms with Crippen LogP contribution >= 0.6 is 0 Å². The number of hydrogen-bond acceptors (Lipinski definition) is 5. The molecule has 2 N–H and O–H groups in total. The maximum atomic E-state index is 5.74. The molecule has 1 aromatic heterocycles. The van der Waals surface area contributed by atoms with E-state index in [1.54, 1.807) is 13.3 Å². The van der Waals surface area contributed by atoms with Crippen LogP contribution in [-0.2, 0) is 6.42 Å². The first-order valence-corrected chi connectivity index (χ1v) is 7.82. The average molecular weight is 314 g/mol. The molecule has 23 heavy (non-hydrogen) atoms. The Morgan fingerprint density at radius 2 is 1.74 bits per heavy atom. The van der Waals surface area contributed by atoms with Crippen LogP contribution in [0.2, 0.25) is 0 Å². The Morgan fingerprint density at radius 3 is 2.30 bits per heavy atom. The van der Waals surface area contributed by atoms with Crippen molar-refractivity contribution >= 4 is 11.5 Å². The third-order valence-electron chi connectivity index (χ3n) is 3.74. The molecule has 0 aliphatic carbocycles. The summed E-state index contributed by atoms with van der Waals surface area (Å²) in [6.07, 6.45) is 2.68. The molecule has 1 aromatic carbocycles. The van der Waals surface area contributed by atoms with Gasteiger partial charge in [-0.15, -0.1) is 0 Å². The molecule has 0 saturated carbocycles. The van der Waals surface area contributed by atoms with Gasteiger partial charge in [-0.1, -0.05) is 12.1 Å². The number of methoxy groups -OCH3 is 1. The minimum atomic E-state index is 0.691. The Balaban J connectivity index is 2.02. The maximum Gasteiger partial charge on any atom is 0.128 e. The van der Waals surface area contributed by atoms with E-state index in [9.17, 15) is 0 Å². The zero-order valence-electron chi connectivity index (χ0n) is 14.2. The maximum absolute atomic E-state index is 5.74. The molecule has 0 aliphatic rings. The Kier molecular flexibility index (Phi) is 6.23. The Hall–Kier alpha value is -2.27. The number of nitrogens with zero attached hydrogens (tertiary/aromatic N) is 3. The summed E-state index contributed by atoms with van der Waals surface area (Å²) in [5.74, 6) is 1.85. The number of pyridine rings is 1. The van der Waals surface area contributed by atoms with Gasteiger partial charge in [-0.05, 0) is 50.3 Å². The van der Waals surface area contributed by atoms with E-state index in [1.165, 1.54) is 5.56 Å². The van der Waals surface area contributed by atoms with Gasteiger partial charge in [0.05, 0.1) is 19.0 Å². The second kappa shape index (κ2) is 8.39. The standard InChI is InChI=1S/C18H26N4O/c1-21(2)12-13-22(18-9-6-16(19)14-20-18)11-10-15-4-7-17(23-3)8-5-15/h4-9,14H,10-13,19H2,1-3H3. The molecule has 0 spiro atoms. The van der Waals surface area contributed by atoms with Crippen molar-refractivity contribution in [3.05, 3.63) is 48.2 Å². The molecule has 1 heterocycles. The first-order valence-electron chi connectivity index (χ1n) is 7.82.